The van der Waals surface area contributed by atoms with Crippen LogP contribution in [0.3, 0.4) is 0 Å². The van der Waals surface area contributed by atoms with Crippen LogP contribution in [-0.4, -0.2) is 49.9 Å². The van der Waals surface area contributed by atoms with Gasteiger partial charge >= 0.3 is 0 Å². The largest absolute Gasteiger partial charge is 0.348 e. The fourth-order valence-electron chi connectivity index (χ4n) is 1.95. The summed E-state index contributed by atoms with van der Waals surface area (Å²) >= 11 is 1.43. The number of rotatable bonds is 5. The summed E-state index contributed by atoms with van der Waals surface area (Å²) < 4.78 is 2.01. The Labute approximate surface area is 128 Å². The molecule has 0 saturated carbocycles. The highest BCUT2D eigenvalue weighted by Gasteiger charge is 2.21. The van der Waals surface area contributed by atoms with Crippen LogP contribution in [0.5, 0.6) is 0 Å². The van der Waals surface area contributed by atoms with Gasteiger partial charge in [-0.05, 0) is 26.0 Å². The Morgan fingerprint density at radius 1 is 1.33 bits per heavy atom. The SMILES string of the molecule is CCn1c(SC(C)C(=O)N(C)C)nnc1-c1ccncc1. The van der Waals surface area contributed by atoms with Gasteiger partial charge in [0, 0.05) is 38.6 Å². The molecule has 21 heavy (non-hydrogen) atoms. The smallest absolute Gasteiger partial charge is 0.235 e. The molecule has 112 valence electrons. The number of thioether (sulfide) groups is 1. The zero-order chi connectivity index (χ0) is 15.4. The molecule has 0 fully saturated rings. The van der Waals surface area contributed by atoms with E-state index in [1.807, 2.05) is 30.5 Å². The van der Waals surface area contributed by atoms with Crippen molar-refractivity contribution in [1.29, 1.82) is 0 Å². The number of hydrogen-bond acceptors (Lipinski definition) is 5. The molecule has 2 aromatic heterocycles. The van der Waals surface area contributed by atoms with Crippen LogP contribution >= 0.6 is 11.8 Å². The van der Waals surface area contributed by atoms with Crippen LogP contribution in [0.15, 0.2) is 29.7 Å². The molecule has 0 aliphatic heterocycles. The van der Waals surface area contributed by atoms with Crippen molar-refractivity contribution in [2.24, 2.45) is 0 Å². The van der Waals surface area contributed by atoms with Gasteiger partial charge in [0.05, 0.1) is 5.25 Å². The van der Waals surface area contributed by atoms with Crippen LogP contribution in [-0.2, 0) is 11.3 Å². The molecule has 0 aromatic carbocycles. The number of amides is 1. The van der Waals surface area contributed by atoms with Crippen molar-refractivity contribution < 1.29 is 4.79 Å². The second-order valence-corrected chi connectivity index (χ2v) is 6.09. The monoisotopic (exact) mass is 305 g/mol. The Morgan fingerprint density at radius 2 is 2.00 bits per heavy atom. The Morgan fingerprint density at radius 3 is 2.57 bits per heavy atom. The summed E-state index contributed by atoms with van der Waals surface area (Å²) in [7, 11) is 3.51. The first-order valence-corrected chi connectivity index (χ1v) is 7.64. The van der Waals surface area contributed by atoms with Crippen molar-refractivity contribution in [3.05, 3.63) is 24.5 Å². The molecule has 0 radical (unpaired) electrons. The van der Waals surface area contributed by atoms with E-state index in [-0.39, 0.29) is 11.2 Å². The van der Waals surface area contributed by atoms with E-state index in [1.54, 1.807) is 31.4 Å². The van der Waals surface area contributed by atoms with Gasteiger partial charge in [0.25, 0.3) is 0 Å². The van der Waals surface area contributed by atoms with Gasteiger partial charge in [-0.15, -0.1) is 10.2 Å². The second kappa shape index (κ2) is 6.71. The van der Waals surface area contributed by atoms with E-state index in [9.17, 15) is 4.79 Å². The second-order valence-electron chi connectivity index (χ2n) is 4.78. The lowest BCUT2D eigenvalue weighted by Crippen LogP contribution is -2.29. The van der Waals surface area contributed by atoms with E-state index >= 15 is 0 Å². The molecular weight excluding hydrogens is 286 g/mol. The summed E-state index contributed by atoms with van der Waals surface area (Å²) in [5.74, 6) is 0.864. The first-order valence-electron chi connectivity index (χ1n) is 6.76. The van der Waals surface area contributed by atoms with Gasteiger partial charge in [-0.1, -0.05) is 11.8 Å². The lowest BCUT2D eigenvalue weighted by Gasteiger charge is -2.16. The van der Waals surface area contributed by atoms with E-state index in [0.717, 1.165) is 23.1 Å². The van der Waals surface area contributed by atoms with Gasteiger partial charge in [0.1, 0.15) is 0 Å². The van der Waals surface area contributed by atoms with Gasteiger partial charge in [-0.3, -0.25) is 9.78 Å². The highest BCUT2D eigenvalue weighted by atomic mass is 32.2. The Hall–Kier alpha value is -1.89. The van der Waals surface area contributed by atoms with E-state index in [1.165, 1.54) is 11.8 Å². The van der Waals surface area contributed by atoms with Crippen LogP contribution in [0.2, 0.25) is 0 Å². The minimum atomic E-state index is -0.195. The van der Waals surface area contributed by atoms with Gasteiger partial charge in [0.2, 0.25) is 5.91 Å². The van der Waals surface area contributed by atoms with Crippen LogP contribution in [0.1, 0.15) is 13.8 Å². The number of carbonyl (C=O) groups excluding carboxylic acids is 1. The third-order valence-corrected chi connectivity index (χ3v) is 4.11. The van der Waals surface area contributed by atoms with E-state index in [2.05, 4.69) is 15.2 Å². The third kappa shape index (κ3) is 3.41. The zero-order valence-corrected chi connectivity index (χ0v) is 13.5. The molecule has 0 spiro atoms. The summed E-state index contributed by atoms with van der Waals surface area (Å²) in [6, 6.07) is 3.80. The van der Waals surface area contributed by atoms with E-state index < -0.39 is 0 Å². The summed E-state index contributed by atoms with van der Waals surface area (Å²) in [6.07, 6.45) is 3.46. The Balaban J connectivity index is 2.26. The molecule has 1 unspecified atom stereocenters. The quantitative estimate of drug-likeness (QED) is 0.790. The number of nitrogens with zero attached hydrogens (tertiary/aromatic N) is 5. The van der Waals surface area contributed by atoms with Crippen LogP contribution in [0, 0.1) is 0 Å². The molecule has 0 aliphatic carbocycles. The molecule has 1 amide bonds. The molecule has 1 atom stereocenters. The summed E-state index contributed by atoms with van der Waals surface area (Å²) in [5.41, 5.74) is 0.970. The lowest BCUT2D eigenvalue weighted by molar-refractivity contribution is -0.127. The van der Waals surface area contributed by atoms with Crippen molar-refractivity contribution >= 4 is 17.7 Å². The average Bonchev–Trinajstić information content (AvgIpc) is 2.89. The molecule has 2 aromatic rings. The minimum Gasteiger partial charge on any atom is -0.348 e. The number of aromatic nitrogens is 4. The molecule has 0 N–H and O–H groups in total. The maximum atomic E-state index is 12.0. The highest BCUT2D eigenvalue weighted by Crippen LogP contribution is 2.26. The summed E-state index contributed by atoms with van der Waals surface area (Å²) in [4.78, 5) is 17.6. The fraction of sp³-hybridized carbons (Fsp3) is 0.429. The third-order valence-electron chi connectivity index (χ3n) is 3.04. The standard InChI is InChI=1S/C14H19N5OS/c1-5-19-12(11-6-8-15-9-7-11)16-17-14(19)21-10(2)13(20)18(3)4/h6-10H,5H2,1-4H3. The fourth-order valence-corrected chi connectivity index (χ4v) is 3.01. The van der Waals surface area contributed by atoms with Gasteiger partial charge < -0.3 is 9.47 Å². The van der Waals surface area contributed by atoms with Crippen LogP contribution in [0.25, 0.3) is 11.4 Å². The Bertz CT molecular complexity index is 611. The summed E-state index contributed by atoms with van der Waals surface area (Å²) in [5, 5.41) is 9.05. The molecule has 0 aliphatic rings. The predicted octanol–water partition coefficient (Wildman–Crippen LogP) is 1.93. The van der Waals surface area contributed by atoms with Crippen molar-refractivity contribution in [2.45, 2.75) is 30.8 Å². The van der Waals surface area contributed by atoms with Gasteiger partial charge in [-0.25, -0.2) is 0 Å². The number of pyridine rings is 1. The maximum absolute atomic E-state index is 12.0. The maximum Gasteiger partial charge on any atom is 0.235 e. The highest BCUT2D eigenvalue weighted by molar-refractivity contribution is 8.00. The minimum absolute atomic E-state index is 0.0658. The molecule has 0 bridgehead atoms. The molecule has 6 nitrogen and oxygen atoms in total. The molecular formula is C14H19N5OS. The van der Waals surface area contributed by atoms with Crippen molar-refractivity contribution in [2.75, 3.05) is 14.1 Å². The number of carbonyl (C=O) groups is 1. The zero-order valence-electron chi connectivity index (χ0n) is 12.6. The van der Waals surface area contributed by atoms with Crippen molar-refractivity contribution in [3.63, 3.8) is 0 Å². The topological polar surface area (TPSA) is 63.9 Å². The molecule has 2 rings (SSSR count). The molecule has 7 heteroatoms. The predicted molar refractivity (Wildman–Crippen MR) is 82.9 cm³/mol. The molecule has 2 heterocycles. The number of hydrogen-bond donors (Lipinski definition) is 0. The average molecular weight is 305 g/mol. The van der Waals surface area contributed by atoms with Crippen molar-refractivity contribution in [3.8, 4) is 11.4 Å². The van der Waals surface area contributed by atoms with E-state index in [0.29, 0.717) is 0 Å². The first-order chi connectivity index (χ1) is 10.0. The van der Waals surface area contributed by atoms with Crippen molar-refractivity contribution in [1.82, 2.24) is 24.6 Å². The van der Waals surface area contributed by atoms with Gasteiger partial charge in [-0.2, -0.15) is 0 Å². The molecule has 0 saturated heterocycles. The Kier molecular flexibility index (Phi) is 4.95. The van der Waals surface area contributed by atoms with Crippen LogP contribution < -0.4 is 0 Å². The first kappa shape index (κ1) is 15.5. The van der Waals surface area contributed by atoms with Gasteiger partial charge in [0.15, 0.2) is 11.0 Å². The summed E-state index contributed by atoms with van der Waals surface area (Å²) in [6.45, 7) is 4.67. The normalized spacial score (nSPS) is 12.2. The van der Waals surface area contributed by atoms with Crippen LogP contribution in [0.4, 0.5) is 0 Å². The lowest BCUT2D eigenvalue weighted by atomic mass is 10.2. The van der Waals surface area contributed by atoms with E-state index in [4.69, 9.17) is 0 Å².